The molecule has 154 valence electrons. The van der Waals surface area contributed by atoms with E-state index in [-0.39, 0.29) is 5.56 Å². The van der Waals surface area contributed by atoms with Crippen LogP contribution in [-0.2, 0) is 33.3 Å². The Morgan fingerprint density at radius 1 is 0.857 bits per heavy atom. The van der Waals surface area contributed by atoms with Crippen LogP contribution in [0.15, 0.2) is 24.3 Å². The number of hydrogen-bond donors (Lipinski definition) is 0. The van der Waals surface area contributed by atoms with Gasteiger partial charge in [0.1, 0.15) is 5.75 Å². The zero-order valence-electron chi connectivity index (χ0n) is 16.4. The third kappa shape index (κ3) is 5.20. The number of benzene rings is 1. The van der Waals surface area contributed by atoms with Gasteiger partial charge in [-0.25, -0.2) is 4.79 Å². The van der Waals surface area contributed by atoms with Gasteiger partial charge in [0.2, 0.25) is 0 Å². The average Bonchev–Trinajstić information content (AvgIpc) is 2.65. The summed E-state index contributed by atoms with van der Waals surface area (Å²) in [6, 6.07) is 6.31. The van der Waals surface area contributed by atoms with E-state index in [1.165, 1.54) is 40.2 Å². The first-order chi connectivity index (χ1) is 13.3. The van der Waals surface area contributed by atoms with Crippen LogP contribution in [0.4, 0.5) is 0 Å². The van der Waals surface area contributed by atoms with Gasteiger partial charge in [-0.1, -0.05) is 0 Å². The maximum atomic E-state index is 12.6. The summed E-state index contributed by atoms with van der Waals surface area (Å²) in [4.78, 5) is 35.7. The van der Waals surface area contributed by atoms with Crippen LogP contribution >= 0.6 is 0 Å². The van der Waals surface area contributed by atoms with Gasteiger partial charge in [0.05, 0.1) is 18.8 Å². The highest BCUT2D eigenvalue weighted by molar-refractivity contribution is 5.89. The van der Waals surface area contributed by atoms with Crippen LogP contribution in [0.25, 0.3) is 0 Å². The molecule has 1 fully saturated rings. The normalized spacial score (nSPS) is 26.8. The summed E-state index contributed by atoms with van der Waals surface area (Å²) >= 11 is 0. The summed E-state index contributed by atoms with van der Waals surface area (Å²) in [6.45, 7) is 4.04. The average molecular weight is 396 g/mol. The van der Waals surface area contributed by atoms with E-state index in [0.717, 1.165) is 0 Å². The second-order valence-corrected chi connectivity index (χ2v) is 6.19. The molecule has 9 nitrogen and oxygen atoms in total. The van der Waals surface area contributed by atoms with Crippen molar-refractivity contribution in [3.05, 3.63) is 29.8 Å². The van der Waals surface area contributed by atoms with Gasteiger partial charge >= 0.3 is 17.9 Å². The Balaban J connectivity index is 2.27. The van der Waals surface area contributed by atoms with E-state index in [4.69, 9.17) is 28.4 Å². The number of rotatable bonds is 6. The molecule has 5 atom stereocenters. The van der Waals surface area contributed by atoms with Crippen LogP contribution in [0.5, 0.6) is 5.75 Å². The molecule has 1 aromatic rings. The van der Waals surface area contributed by atoms with Crippen molar-refractivity contribution >= 4 is 17.9 Å². The second kappa shape index (κ2) is 9.52. The monoisotopic (exact) mass is 396 g/mol. The highest BCUT2D eigenvalue weighted by atomic mass is 16.7. The SMILES string of the molecule is COc1ccc(C(=O)O[C@H]2[C@H](OC(C)=O)[C@@H](OC(C)=O)[C@@H](OC)O[C@@H]2C)cc1. The minimum Gasteiger partial charge on any atom is -0.497 e. The van der Waals surface area contributed by atoms with E-state index in [9.17, 15) is 14.4 Å². The molecule has 0 aliphatic carbocycles. The van der Waals surface area contributed by atoms with Crippen molar-refractivity contribution in [2.45, 2.75) is 51.5 Å². The molecule has 9 heteroatoms. The number of carbonyl (C=O) groups is 3. The molecule has 1 heterocycles. The molecule has 1 aliphatic rings. The Bertz CT molecular complexity index is 700. The summed E-state index contributed by atoms with van der Waals surface area (Å²) in [5, 5.41) is 0. The van der Waals surface area contributed by atoms with Crippen LogP contribution in [0.1, 0.15) is 31.1 Å². The smallest absolute Gasteiger partial charge is 0.338 e. The predicted octanol–water partition coefficient (Wildman–Crippen LogP) is 1.48. The van der Waals surface area contributed by atoms with Crippen LogP contribution in [0.3, 0.4) is 0 Å². The van der Waals surface area contributed by atoms with E-state index in [0.29, 0.717) is 5.75 Å². The number of esters is 3. The van der Waals surface area contributed by atoms with Crippen molar-refractivity contribution in [1.29, 1.82) is 0 Å². The maximum absolute atomic E-state index is 12.6. The number of methoxy groups -OCH3 is 2. The fourth-order valence-corrected chi connectivity index (χ4v) is 2.89. The fourth-order valence-electron chi connectivity index (χ4n) is 2.89. The summed E-state index contributed by atoms with van der Waals surface area (Å²) < 4.78 is 32.0. The highest BCUT2D eigenvalue weighted by Crippen LogP contribution is 2.29. The molecule has 0 amide bonds. The van der Waals surface area contributed by atoms with Crippen molar-refractivity contribution in [3.8, 4) is 5.75 Å². The summed E-state index contributed by atoms with van der Waals surface area (Å²) in [6.07, 6.45) is -4.90. The van der Waals surface area contributed by atoms with Crippen LogP contribution in [0.2, 0.25) is 0 Å². The van der Waals surface area contributed by atoms with Crippen LogP contribution in [0, 0.1) is 0 Å². The summed E-state index contributed by atoms with van der Waals surface area (Å²) in [5.74, 6) is -1.32. The lowest BCUT2D eigenvalue weighted by atomic mass is 9.98. The number of ether oxygens (including phenoxy) is 6. The van der Waals surface area contributed by atoms with Crippen molar-refractivity contribution in [2.24, 2.45) is 0 Å². The molecule has 0 radical (unpaired) electrons. The molecule has 0 aromatic heterocycles. The Hall–Kier alpha value is -2.65. The van der Waals surface area contributed by atoms with E-state index >= 15 is 0 Å². The molecule has 1 saturated heterocycles. The molecule has 0 bridgehead atoms. The zero-order valence-corrected chi connectivity index (χ0v) is 16.4. The highest BCUT2D eigenvalue weighted by Gasteiger charge is 2.50. The molecule has 2 rings (SSSR count). The zero-order chi connectivity index (χ0) is 20.8. The van der Waals surface area contributed by atoms with Crippen LogP contribution in [-0.4, -0.2) is 62.8 Å². The second-order valence-electron chi connectivity index (χ2n) is 6.19. The standard InChI is InChI=1S/C19H24O9/c1-10-15(28-18(22)13-6-8-14(23-4)9-7-13)16(26-11(2)20)17(27-12(3)21)19(24-5)25-10/h6-10,15-17,19H,1-5H3/t10-,15-,16+,17-,19+/m1/s1. The number of carbonyl (C=O) groups excluding carboxylic acids is 3. The molecular formula is C19H24O9. The van der Waals surface area contributed by atoms with E-state index in [2.05, 4.69) is 0 Å². The maximum Gasteiger partial charge on any atom is 0.338 e. The van der Waals surface area contributed by atoms with Crippen molar-refractivity contribution in [1.82, 2.24) is 0 Å². The lowest BCUT2D eigenvalue weighted by molar-refractivity contribution is -0.291. The number of hydrogen-bond acceptors (Lipinski definition) is 9. The molecular weight excluding hydrogens is 372 g/mol. The van der Waals surface area contributed by atoms with Crippen LogP contribution < -0.4 is 4.74 Å². The lowest BCUT2D eigenvalue weighted by Gasteiger charge is -2.43. The van der Waals surface area contributed by atoms with Gasteiger partial charge in [0, 0.05) is 21.0 Å². The fraction of sp³-hybridized carbons (Fsp3) is 0.526. The van der Waals surface area contributed by atoms with E-state index in [1.807, 2.05) is 0 Å². The summed E-state index contributed by atoms with van der Waals surface area (Å²) in [5.41, 5.74) is 0.271. The third-order valence-corrected chi connectivity index (χ3v) is 4.13. The predicted molar refractivity (Wildman–Crippen MR) is 94.6 cm³/mol. The quantitative estimate of drug-likeness (QED) is 0.522. The Morgan fingerprint density at radius 2 is 1.43 bits per heavy atom. The molecule has 28 heavy (non-hydrogen) atoms. The van der Waals surface area contributed by atoms with Crippen molar-refractivity contribution in [3.63, 3.8) is 0 Å². The molecule has 0 unspecified atom stereocenters. The van der Waals surface area contributed by atoms with Gasteiger partial charge < -0.3 is 28.4 Å². The Labute approximate surface area is 162 Å². The van der Waals surface area contributed by atoms with Gasteiger partial charge in [-0.2, -0.15) is 0 Å². The topological polar surface area (TPSA) is 107 Å². The van der Waals surface area contributed by atoms with Gasteiger partial charge in [-0.05, 0) is 31.2 Å². The van der Waals surface area contributed by atoms with E-state index < -0.39 is 48.6 Å². The van der Waals surface area contributed by atoms with E-state index in [1.54, 1.807) is 19.1 Å². The van der Waals surface area contributed by atoms with Gasteiger partial charge in [-0.3, -0.25) is 9.59 Å². The Morgan fingerprint density at radius 3 is 1.93 bits per heavy atom. The molecule has 1 aliphatic heterocycles. The molecule has 1 aromatic carbocycles. The van der Waals surface area contributed by atoms with Crippen molar-refractivity contribution in [2.75, 3.05) is 14.2 Å². The van der Waals surface area contributed by atoms with Crippen molar-refractivity contribution < 1.29 is 42.8 Å². The van der Waals surface area contributed by atoms with Gasteiger partial charge in [-0.15, -0.1) is 0 Å². The molecule has 0 N–H and O–H groups in total. The van der Waals surface area contributed by atoms with Gasteiger partial charge in [0.25, 0.3) is 0 Å². The first-order valence-electron chi connectivity index (χ1n) is 8.64. The first-order valence-corrected chi connectivity index (χ1v) is 8.64. The first kappa shape index (κ1) is 21.6. The van der Waals surface area contributed by atoms with Gasteiger partial charge in [0.15, 0.2) is 24.6 Å². The lowest BCUT2D eigenvalue weighted by Crippen LogP contribution is -2.61. The molecule has 0 spiro atoms. The minimum atomic E-state index is -1.10. The Kier molecular flexibility index (Phi) is 7.36. The summed E-state index contributed by atoms with van der Waals surface area (Å²) in [7, 11) is 2.88. The molecule has 0 saturated carbocycles. The largest absolute Gasteiger partial charge is 0.497 e. The third-order valence-electron chi connectivity index (χ3n) is 4.13. The minimum absolute atomic E-state index is 0.271.